The molecule has 0 fully saturated rings. The summed E-state index contributed by atoms with van der Waals surface area (Å²) in [6.07, 6.45) is 1.73. The molecule has 0 radical (unpaired) electrons. The van der Waals surface area contributed by atoms with Crippen LogP contribution in [0.5, 0.6) is 5.75 Å². The molecule has 0 aliphatic rings. The maximum atomic E-state index is 12.4. The smallest absolute Gasteiger partial charge is 0.261 e. The third-order valence-electron chi connectivity index (χ3n) is 4.27. The maximum Gasteiger partial charge on any atom is 0.261 e. The minimum Gasteiger partial charge on any atom is -0.481 e. The molecule has 0 aliphatic carbocycles. The number of halogens is 1. The maximum absolute atomic E-state index is 12.4. The summed E-state index contributed by atoms with van der Waals surface area (Å²) >= 11 is 5.86. The second-order valence-electron chi connectivity index (χ2n) is 6.41. The molecule has 0 spiro atoms. The fraction of sp³-hybridized carbons (Fsp3) is 0.350. The number of sulfonamides is 1. The Morgan fingerprint density at radius 3 is 2.29 bits per heavy atom. The van der Waals surface area contributed by atoms with Gasteiger partial charge in [-0.05, 0) is 54.8 Å². The molecular formula is C20H25ClN2O4S. The first-order chi connectivity index (χ1) is 13.2. The average Bonchev–Trinajstić information content (AvgIpc) is 2.66. The lowest BCUT2D eigenvalue weighted by atomic mass is 10.1. The number of hydrogen-bond acceptors (Lipinski definition) is 4. The van der Waals surface area contributed by atoms with Crippen molar-refractivity contribution < 1.29 is 17.9 Å². The third kappa shape index (κ3) is 6.42. The summed E-state index contributed by atoms with van der Waals surface area (Å²) in [4.78, 5) is 12.4. The van der Waals surface area contributed by atoms with Gasteiger partial charge in [0.25, 0.3) is 5.91 Å². The monoisotopic (exact) mass is 424 g/mol. The number of carbonyl (C=O) groups excluding carboxylic acids is 1. The van der Waals surface area contributed by atoms with Gasteiger partial charge in [0, 0.05) is 18.6 Å². The highest BCUT2D eigenvalue weighted by molar-refractivity contribution is 7.92. The fourth-order valence-electron chi connectivity index (χ4n) is 2.51. The minimum atomic E-state index is -3.32. The standard InChI is InChI=1S/C20H25ClN2O4S/c1-4-19(20(24)22-14-13-15-5-7-16(21)8-6-15)27-18-11-9-17(10-12-18)23(2)28(3,25)26/h5-12,19H,4,13-14H2,1-3H3,(H,22,24). The van der Waals surface area contributed by atoms with E-state index < -0.39 is 16.1 Å². The van der Waals surface area contributed by atoms with E-state index in [4.69, 9.17) is 16.3 Å². The van der Waals surface area contributed by atoms with Gasteiger partial charge < -0.3 is 10.1 Å². The highest BCUT2D eigenvalue weighted by atomic mass is 35.5. The minimum absolute atomic E-state index is 0.186. The van der Waals surface area contributed by atoms with Gasteiger partial charge in [0.05, 0.1) is 11.9 Å². The van der Waals surface area contributed by atoms with E-state index in [-0.39, 0.29) is 5.91 Å². The van der Waals surface area contributed by atoms with Gasteiger partial charge in [0.2, 0.25) is 10.0 Å². The summed E-state index contributed by atoms with van der Waals surface area (Å²) in [7, 11) is -1.84. The summed E-state index contributed by atoms with van der Waals surface area (Å²) in [5.74, 6) is 0.319. The van der Waals surface area contributed by atoms with Gasteiger partial charge in [-0.2, -0.15) is 0 Å². The van der Waals surface area contributed by atoms with Crippen LogP contribution in [0.4, 0.5) is 5.69 Å². The Morgan fingerprint density at radius 1 is 1.14 bits per heavy atom. The molecule has 2 rings (SSSR count). The van der Waals surface area contributed by atoms with Crippen molar-refractivity contribution in [2.45, 2.75) is 25.9 Å². The molecule has 1 N–H and O–H groups in total. The van der Waals surface area contributed by atoms with Crippen LogP contribution in [0.2, 0.25) is 5.02 Å². The van der Waals surface area contributed by atoms with Crippen molar-refractivity contribution in [3.63, 3.8) is 0 Å². The highest BCUT2D eigenvalue weighted by Crippen LogP contribution is 2.21. The SMILES string of the molecule is CCC(Oc1ccc(N(C)S(C)(=O)=O)cc1)C(=O)NCCc1ccc(Cl)cc1. The Hall–Kier alpha value is -2.25. The zero-order valence-corrected chi connectivity index (χ0v) is 17.8. The van der Waals surface area contributed by atoms with Crippen LogP contribution in [0, 0.1) is 0 Å². The van der Waals surface area contributed by atoms with Gasteiger partial charge in [-0.25, -0.2) is 8.42 Å². The Balaban J connectivity index is 1.90. The number of hydrogen-bond donors (Lipinski definition) is 1. The summed E-state index contributed by atoms with van der Waals surface area (Å²) in [5.41, 5.74) is 1.61. The first kappa shape index (κ1) is 22.0. The zero-order chi connectivity index (χ0) is 20.7. The highest BCUT2D eigenvalue weighted by Gasteiger charge is 2.18. The lowest BCUT2D eigenvalue weighted by Gasteiger charge is -2.19. The van der Waals surface area contributed by atoms with Gasteiger partial charge in [-0.15, -0.1) is 0 Å². The van der Waals surface area contributed by atoms with E-state index in [2.05, 4.69) is 5.32 Å². The molecule has 0 aromatic heterocycles. The first-order valence-corrected chi connectivity index (χ1v) is 11.2. The molecule has 8 heteroatoms. The molecule has 0 heterocycles. The van der Waals surface area contributed by atoms with Crippen LogP contribution in [0.3, 0.4) is 0 Å². The van der Waals surface area contributed by atoms with Crippen LogP contribution in [0.1, 0.15) is 18.9 Å². The summed E-state index contributed by atoms with van der Waals surface area (Å²) < 4.78 is 30.1. The van der Waals surface area contributed by atoms with Crippen LogP contribution in [0.15, 0.2) is 48.5 Å². The van der Waals surface area contributed by atoms with E-state index in [1.54, 1.807) is 24.3 Å². The van der Waals surface area contributed by atoms with Crippen LogP contribution in [-0.4, -0.2) is 40.3 Å². The fourth-order valence-corrected chi connectivity index (χ4v) is 3.14. The second-order valence-corrected chi connectivity index (χ2v) is 8.86. The first-order valence-electron chi connectivity index (χ1n) is 8.93. The number of rotatable bonds is 9. The van der Waals surface area contributed by atoms with Crippen molar-refractivity contribution in [3.05, 3.63) is 59.1 Å². The predicted octanol–water partition coefficient (Wildman–Crippen LogP) is 3.25. The average molecular weight is 425 g/mol. The van der Waals surface area contributed by atoms with E-state index in [0.29, 0.717) is 35.8 Å². The number of carbonyl (C=O) groups is 1. The van der Waals surface area contributed by atoms with Gasteiger partial charge in [0.15, 0.2) is 6.10 Å². The van der Waals surface area contributed by atoms with Gasteiger partial charge in [-0.1, -0.05) is 30.7 Å². The molecular weight excluding hydrogens is 400 g/mol. The molecule has 0 bridgehead atoms. The molecule has 0 saturated carbocycles. The van der Waals surface area contributed by atoms with Crippen LogP contribution >= 0.6 is 11.6 Å². The van der Waals surface area contributed by atoms with Crippen molar-refractivity contribution >= 4 is 33.2 Å². The summed E-state index contributed by atoms with van der Waals surface area (Å²) in [6.45, 7) is 2.37. The molecule has 2 aromatic carbocycles. The predicted molar refractivity (Wildman–Crippen MR) is 113 cm³/mol. The molecule has 0 saturated heterocycles. The number of amides is 1. The summed E-state index contributed by atoms with van der Waals surface area (Å²) in [6, 6.07) is 14.1. The Kier molecular flexibility index (Phi) is 7.71. The third-order valence-corrected chi connectivity index (χ3v) is 5.72. The van der Waals surface area contributed by atoms with Crippen LogP contribution in [0.25, 0.3) is 0 Å². The van der Waals surface area contributed by atoms with E-state index in [9.17, 15) is 13.2 Å². The van der Waals surface area contributed by atoms with Gasteiger partial charge >= 0.3 is 0 Å². The quantitative estimate of drug-likeness (QED) is 0.670. The van der Waals surface area contributed by atoms with Crippen molar-refractivity contribution in [1.29, 1.82) is 0 Å². The summed E-state index contributed by atoms with van der Waals surface area (Å²) in [5, 5.41) is 3.56. The van der Waals surface area contributed by atoms with Gasteiger partial charge in [0.1, 0.15) is 5.75 Å². The van der Waals surface area contributed by atoms with E-state index in [1.807, 2.05) is 31.2 Å². The van der Waals surface area contributed by atoms with Crippen molar-refractivity contribution in [3.8, 4) is 5.75 Å². The molecule has 2 aromatic rings. The lowest BCUT2D eigenvalue weighted by molar-refractivity contribution is -0.128. The largest absolute Gasteiger partial charge is 0.481 e. The van der Waals surface area contributed by atoms with Crippen LogP contribution < -0.4 is 14.4 Å². The van der Waals surface area contributed by atoms with E-state index in [0.717, 1.165) is 11.8 Å². The second kappa shape index (κ2) is 9.80. The van der Waals surface area contributed by atoms with Crippen molar-refractivity contribution in [1.82, 2.24) is 5.32 Å². The van der Waals surface area contributed by atoms with Gasteiger partial charge in [-0.3, -0.25) is 9.10 Å². The molecule has 1 amide bonds. The number of benzene rings is 2. The molecule has 28 heavy (non-hydrogen) atoms. The number of anilines is 1. The molecule has 152 valence electrons. The molecule has 1 unspecified atom stereocenters. The van der Waals surface area contributed by atoms with Crippen molar-refractivity contribution in [2.24, 2.45) is 0 Å². The Bertz CT molecular complexity index is 883. The molecule has 0 aliphatic heterocycles. The van der Waals surface area contributed by atoms with Crippen LogP contribution in [-0.2, 0) is 21.2 Å². The number of nitrogens with one attached hydrogen (secondary N) is 1. The topological polar surface area (TPSA) is 75.7 Å². The lowest BCUT2D eigenvalue weighted by Crippen LogP contribution is -2.38. The zero-order valence-electron chi connectivity index (χ0n) is 16.2. The van der Waals surface area contributed by atoms with E-state index in [1.165, 1.54) is 11.4 Å². The van der Waals surface area contributed by atoms with Crippen molar-refractivity contribution in [2.75, 3.05) is 24.2 Å². The normalized spacial score (nSPS) is 12.3. The Labute approximate surface area is 171 Å². The number of nitrogens with zero attached hydrogens (tertiary/aromatic N) is 1. The molecule has 1 atom stereocenters. The molecule has 6 nitrogen and oxygen atoms in total. The number of ether oxygens (including phenoxy) is 1. The van der Waals surface area contributed by atoms with E-state index >= 15 is 0 Å². The Morgan fingerprint density at radius 2 is 1.75 bits per heavy atom.